The summed E-state index contributed by atoms with van der Waals surface area (Å²) < 4.78 is 0. The molecule has 0 unspecified atom stereocenters. The molecule has 2 N–H and O–H groups in total. The molecule has 2 aliphatic heterocycles. The maximum Gasteiger partial charge on any atom is 0.275 e. The van der Waals surface area contributed by atoms with Crippen LogP contribution in [0.3, 0.4) is 0 Å². The van der Waals surface area contributed by atoms with Crippen LogP contribution in [-0.2, 0) is 9.59 Å². The van der Waals surface area contributed by atoms with E-state index in [9.17, 15) is 9.59 Å². The number of carbonyl (C=O) groups is 2. The van der Waals surface area contributed by atoms with Crippen LogP contribution in [0.5, 0.6) is 0 Å². The highest BCUT2D eigenvalue weighted by Gasteiger charge is 2.26. The number of carbonyl (C=O) groups excluding carboxylic acids is 2. The molecule has 2 heterocycles. The standard InChI is InChI=1S/2C14H10N2O/c2*17-14-13(15-10-6-2-1-3-7-10)11-8-4-5-9-12(11)16-14/h2*1-9H,(H,15,16,17). The third-order valence-electron chi connectivity index (χ3n) is 5.29. The predicted molar refractivity (Wildman–Crippen MR) is 135 cm³/mol. The Kier molecular flexibility index (Phi) is 5.78. The molecule has 0 fully saturated rings. The van der Waals surface area contributed by atoms with Gasteiger partial charge in [0.05, 0.1) is 22.7 Å². The highest BCUT2D eigenvalue weighted by Crippen LogP contribution is 2.26. The zero-order valence-electron chi connectivity index (χ0n) is 18.1. The van der Waals surface area contributed by atoms with Gasteiger partial charge in [-0.25, -0.2) is 9.98 Å². The molecule has 0 saturated carbocycles. The minimum Gasteiger partial charge on any atom is -0.320 e. The smallest absolute Gasteiger partial charge is 0.275 e. The molecule has 0 bridgehead atoms. The van der Waals surface area contributed by atoms with Crippen LogP contribution in [0.4, 0.5) is 22.7 Å². The number of hydrogen-bond acceptors (Lipinski definition) is 4. The summed E-state index contributed by atoms with van der Waals surface area (Å²) in [5, 5.41) is 5.60. The first-order valence-corrected chi connectivity index (χ1v) is 10.8. The van der Waals surface area contributed by atoms with Crippen molar-refractivity contribution in [2.75, 3.05) is 10.6 Å². The Hall–Kier alpha value is -4.84. The molecule has 0 atom stereocenters. The molecule has 6 nitrogen and oxygen atoms in total. The second-order valence-corrected chi connectivity index (χ2v) is 7.59. The quantitative estimate of drug-likeness (QED) is 0.427. The van der Waals surface area contributed by atoms with Crippen LogP contribution in [-0.4, -0.2) is 23.2 Å². The van der Waals surface area contributed by atoms with Crippen molar-refractivity contribution in [2.45, 2.75) is 0 Å². The lowest BCUT2D eigenvalue weighted by Crippen LogP contribution is -2.13. The van der Waals surface area contributed by atoms with Crippen molar-refractivity contribution in [3.8, 4) is 0 Å². The Morgan fingerprint density at radius 2 is 0.794 bits per heavy atom. The van der Waals surface area contributed by atoms with Crippen molar-refractivity contribution in [3.63, 3.8) is 0 Å². The van der Waals surface area contributed by atoms with Crippen LogP contribution in [0.1, 0.15) is 11.1 Å². The van der Waals surface area contributed by atoms with Gasteiger partial charge in [0, 0.05) is 11.1 Å². The summed E-state index contributed by atoms with van der Waals surface area (Å²) in [4.78, 5) is 32.4. The fourth-order valence-corrected chi connectivity index (χ4v) is 3.69. The Labute approximate surface area is 196 Å². The summed E-state index contributed by atoms with van der Waals surface area (Å²) in [6.45, 7) is 0. The maximum atomic E-state index is 11.8. The lowest BCUT2D eigenvalue weighted by Gasteiger charge is -1.96. The summed E-state index contributed by atoms with van der Waals surface area (Å²) in [5.74, 6) is -0.287. The summed E-state index contributed by atoms with van der Waals surface area (Å²) in [5.41, 5.74) is 5.91. The molecule has 6 rings (SSSR count). The largest absolute Gasteiger partial charge is 0.320 e. The van der Waals surface area contributed by atoms with Crippen molar-refractivity contribution in [1.82, 2.24) is 0 Å². The molecular weight excluding hydrogens is 424 g/mol. The Balaban J connectivity index is 0.000000142. The molecule has 2 amide bonds. The Morgan fingerprint density at radius 3 is 1.21 bits per heavy atom. The van der Waals surface area contributed by atoms with E-state index in [2.05, 4.69) is 20.6 Å². The number of nitrogens with one attached hydrogen (secondary N) is 2. The first-order valence-electron chi connectivity index (χ1n) is 10.8. The van der Waals surface area contributed by atoms with Crippen LogP contribution in [0, 0.1) is 0 Å². The number of aliphatic imine (C=N–C) groups is 2. The van der Waals surface area contributed by atoms with E-state index >= 15 is 0 Å². The highest BCUT2D eigenvalue weighted by atomic mass is 16.2. The minimum atomic E-state index is -0.143. The average Bonchev–Trinajstić information content (AvgIpc) is 3.36. The van der Waals surface area contributed by atoms with Gasteiger partial charge < -0.3 is 10.6 Å². The molecule has 2 aliphatic rings. The third kappa shape index (κ3) is 4.38. The van der Waals surface area contributed by atoms with Gasteiger partial charge in [-0.1, -0.05) is 72.8 Å². The average molecular weight is 444 g/mol. The van der Waals surface area contributed by atoms with Crippen LogP contribution in [0.25, 0.3) is 0 Å². The molecule has 4 aromatic rings. The number of amides is 2. The predicted octanol–water partition coefficient (Wildman–Crippen LogP) is 5.52. The van der Waals surface area contributed by atoms with Crippen molar-refractivity contribution < 1.29 is 9.59 Å². The number of fused-ring (bicyclic) bond motifs is 2. The van der Waals surface area contributed by atoms with E-state index < -0.39 is 0 Å². The molecule has 6 heteroatoms. The SMILES string of the molecule is O=C1Nc2ccccc2C1=Nc1ccccc1.O=C1Nc2ccccc2C1=Nc1ccccc1. The van der Waals surface area contributed by atoms with Gasteiger partial charge >= 0.3 is 0 Å². The second-order valence-electron chi connectivity index (χ2n) is 7.59. The van der Waals surface area contributed by atoms with E-state index in [-0.39, 0.29) is 11.8 Å². The van der Waals surface area contributed by atoms with Crippen molar-refractivity contribution in [3.05, 3.63) is 120 Å². The summed E-state index contributed by atoms with van der Waals surface area (Å²) in [6, 6.07) is 34.1. The van der Waals surface area contributed by atoms with E-state index in [0.29, 0.717) is 11.4 Å². The van der Waals surface area contributed by atoms with Gasteiger partial charge in [0.1, 0.15) is 11.4 Å². The zero-order chi connectivity index (χ0) is 23.3. The summed E-state index contributed by atoms with van der Waals surface area (Å²) >= 11 is 0. The molecule has 34 heavy (non-hydrogen) atoms. The van der Waals surface area contributed by atoms with E-state index in [4.69, 9.17) is 0 Å². The number of hydrogen-bond donors (Lipinski definition) is 2. The van der Waals surface area contributed by atoms with E-state index in [1.54, 1.807) is 0 Å². The Morgan fingerprint density at radius 1 is 0.441 bits per heavy atom. The zero-order valence-corrected chi connectivity index (χ0v) is 18.1. The lowest BCUT2D eigenvalue weighted by atomic mass is 10.1. The van der Waals surface area contributed by atoms with E-state index in [1.807, 2.05) is 109 Å². The number of benzene rings is 4. The lowest BCUT2D eigenvalue weighted by molar-refractivity contribution is -0.110. The topological polar surface area (TPSA) is 82.9 Å². The van der Waals surface area contributed by atoms with Gasteiger partial charge in [0.2, 0.25) is 0 Å². The van der Waals surface area contributed by atoms with Gasteiger partial charge in [0.15, 0.2) is 0 Å². The van der Waals surface area contributed by atoms with E-state index in [1.165, 1.54) is 0 Å². The fourth-order valence-electron chi connectivity index (χ4n) is 3.69. The minimum absolute atomic E-state index is 0.143. The first-order chi connectivity index (χ1) is 16.7. The van der Waals surface area contributed by atoms with Crippen molar-refractivity contribution >= 4 is 46.0 Å². The maximum absolute atomic E-state index is 11.8. The molecule has 164 valence electrons. The highest BCUT2D eigenvalue weighted by molar-refractivity contribution is 6.54. The van der Waals surface area contributed by atoms with Crippen LogP contribution < -0.4 is 10.6 Å². The molecule has 0 aromatic heterocycles. The van der Waals surface area contributed by atoms with Gasteiger partial charge in [-0.3, -0.25) is 9.59 Å². The number of anilines is 2. The number of rotatable bonds is 2. The number of nitrogens with zero attached hydrogens (tertiary/aromatic N) is 2. The second kappa shape index (κ2) is 9.34. The number of para-hydroxylation sites is 4. The monoisotopic (exact) mass is 444 g/mol. The van der Waals surface area contributed by atoms with Gasteiger partial charge in [-0.15, -0.1) is 0 Å². The normalized spacial score (nSPS) is 15.8. The van der Waals surface area contributed by atoms with Gasteiger partial charge in [-0.2, -0.15) is 0 Å². The van der Waals surface area contributed by atoms with E-state index in [0.717, 1.165) is 33.9 Å². The molecule has 0 spiro atoms. The molecule has 0 aliphatic carbocycles. The summed E-state index contributed by atoms with van der Waals surface area (Å²) in [6.07, 6.45) is 0. The molecule has 0 radical (unpaired) electrons. The third-order valence-corrected chi connectivity index (χ3v) is 5.29. The fraction of sp³-hybridized carbons (Fsp3) is 0. The van der Waals surface area contributed by atoms with Crippen molar-refractivity contribution in [1.29, 1.82) is 0 Å². The van der Waals surface area contributed by atoms with Gasteiger partial charge in [-0.05, 0) is 36.4 Å². The Bertz CT molecular complexity index is 1320. The van der Waals surface area contributed by atoms with Crippen LogP contribution in [0.2, 0.25) is 0 Å². The molecule has 4 aromatic carbocycles. The first kappa shape index (κ1) is 21.0. The van der Waals surface area contributed by atoms with Crippen LogP contribution >= 0.6 is 0 Å². The summed E-state index contributed by atoms with van der Waals surface area (Å²) in [7, 11) is 0. The van der Waals surface area contributed by atoms with Gasteiger partial charge in [0.25, 0.3) is 11.8 Å². The van der Waals surface area contributed by atoms with Crippen molar-refractivity contribution in [2.24, 2.45) is 9.98 Å². The molecule has 0 saturated heterocycles. The molecular formula is C28H20N4O2. The van der Waals surface area contributed by atoms with Crippen LogP contribution in [0.15, 0.2) is 119 Å².